The first-order valence-electron chi connectivity index (χ1n) is 6.60. The Balaban J connectivity index is 2.69. The summed E-state index contributed by atoms with van der Waals surface area (Å²) < 4.78 is 13.6. The number of carbonyl (C=O) groups excluding carboxylic acids is 1. The van der Waals surface area contributed by atoms with E-state index in [0.717, 1.165) is 0 Å². The molecule has 0 aliphatic heterocycles. The SMILES string of the molecule is C=CCCC(=O)C[C@@H](CC(=O)O)Cc1ccccc1F. The van der Waals surface area contributed by atoms with Crippen molar-refractivity contribution in [1.29, 1.82) is 0 Å². The Morgan fingerprint density at radius 2 is 2.00 bits per heavy atom. The minimum absolute atomic E-state index is 0.00695. The van der Waals surface area contributed by atoms with Gasteiger partial charge in [-0.15, -0.1) is 6.58 Å². The van der Waals surface area contributed by atoms with Crippen molar-refractivity contribution in [1.82, 2.24) is 0 Å². The van der Waals surface area contributed by atoms with Crippen LogP contribution in [0.15, 0.2) is 36.9 Å². The maximum Gasteiger partial charge on any atom is 0.303 e. The van der Waals surface area contributed by atoms with Gasteiger partial charge < -0.3 is 5.11 Å². The number of carboxylic acid groups (broad SMARTS) is 1. The molecule has 1 N–H and O–H groups in total. The molecule has 0 fully saturated rings. The Bertz CT molecular complexity index is 482. The van der Waals surface area contributed by atoms with Crippen molar-refractivity contribution in [3.05, 3.63) is 48.3 Å². The van der Waals surface area contributed by atoms with Crippen LogP contribution in [0.3, 0.4) is 0 Å². The smallest absolute Gasteiger partial charge is 0.303 e. The zero-order chi connectivity index (χ0) is 15.0. The highest BCUT2D eigenvalue weighted by Crippen LogP contribution is 2.20. The lowest BCUT2D eigenvalue weighted by Gasteiger charge is -2.14. The number of halogens is 1. The van der Waals surface area contributed by atoms with E-state index >= 15 is 0 Å². The second kappa shape index (κ2) is 8.25. The highest BCUT2D eigenvalue weighted by molar-refractivity contribution is 5.79. The van der Waals surface area contributed by atoms with Crippen LogP contribution in [0.1, 0.15) is 31.2 Å². The van der Waals surface area contributed by atoms with Crippen LogP contribution in [0, 0.1) is 11.7 Å². The number of rotatable bonds is 9. The van der Waals surface area contributed by atoms with Gasteiger partial charge in [0.15, 0.2) is 0 Å². The first-order chi connectivity index (χ1) is 9.52. The lowest BCUT2D eigenvalue weighted by atomic mass is 9.90. The molecule has 0 radical (unpaired) electrons. The van der Waals surface area contributed by atoms with E-state index in [1.54, 1.807) is 24.3 Å². The standard InChI is InChI=1S/C16H19FO3/c1-2-3-7-14(18)10-12(11-16(19)20)9-13-6-4-5-8-15(13)17/h2,4-6,8,12H,1,3,7,9-11H2,(H,19,20)/t12-/m0/s1. The van der Waals surface area contributed by atoms with Crippen molar-refractivity contribution in [3.63, 3.8) is 0 Å². The molecule has 1 atom stereocenters. The molecule has 1 aromatic rings. The second-order valence-corrected chi connectivity index (χ2v) is 4.83. The van der Waals surface area contributed by atoms with Gasteiger partial charge in [-0.25, -0.2) is 4.39 Å². The van der Waals surface area contributed by atoms with Crippen LogP contribution < -0.4 is 0 Å². The summed E-state index contributed by atoms with van der Waals surface area (Å²) in [6.45, 7) is 3.54. The van der Waals surface area contributed by atoms with Gasteiger partial charge >= 0.3 is 5.97 Å². The summed E-state index contributed by atoms with van der Waals surface area (Å²) in [5.74, 6) is -1.71. The molecule has 0 unspecified atom stereocenters. The molecule has 0 heterocycles. The van der Waals surface area contributed by atoms with Crippen molar-refractivity contribution in [2.45, 2.75) is 32.1 Å². The topological polar surface area (TPSA) is 54.4 Å². The number of allylic oxidation sites excluding steroid dienone is 1. The fraction of sp³-hybridized carbons (Fsp3) is 0.375. The number of hydrogen-bond acceptors (Lipinski definition) is 2. The highest BCUT2D eigenvalue weighted by atomic mass is 19.1. The largest absolute Gasteiger partial charge is 0.481 e. The molecule has 0 saturated heterocycles. The summed E-state index contributed by atoms with van der Waals surface area (Å²) in [5, 5.41) is 8.90. The molecule has 108 valence electrons. The summed E-state index contributed by atoms with van der Waals surface area (Å²) in [5.41, 5.74) is 0.454. The van der Waals surface area contributed by atoms with Gasteiger partial charge in [0.25, 0.3) is 0 Å². The van der Waals surface area contributed by atoms with Crippen LogP contribution in [0.2, 0.25) is 0 Å². The molecule has 3 nitrogen and oxygen atoms in total. The number of carbonyl (C=O) groups is 2. The van der Waals surface area contributed by atoms with Gasteiger partial charge in [0.2, 0.25) is 0 Å². The number of Topliss-reactive ketones (excluding diaryl/α,β-unsaturated/α-hetero) is 1. The molecular weight excluding hydrogens is 259 g/mol. The maximum atomic E-state index is 13.6. The van der Waals surface area contributed by atoms with E-state index in [9.17, 15) is 14.0 Å². The normalized spacial score (nSPS) is 11.8. The van der Waals surface area contributed by atoms with Crippen LogP contribution in [0.4, 0.5) is 4.39 Å². The molecule has 1 rings (SSSR count). The van der Waals surface area contributed by atoms with E-state index in [0.29, 0.717) is 18.4 Å². The van der Waals surface area contributed by atoms with Crippen LogP contribution in [-0.4, -0.2) is 16.9 Å². The molecule has 4 heteroatoms. The first kappa shape index (κ1) is 16.1. The Labute approximate surface area is 118 Å². The van der Waals surface area contributed by atoms with E-state index < -0.39 is 5.97 Å². The summed E-state index contributed by atoms with van der Waals surface area (Å²) in [7, 11) is 0. The Hall–Kier alpha value is -1.97. The van der Waals surface area contributed by atoms with Gasteiger partial charge in [-0.1, -0.05) is 24.3 Å². The van der Waals surface area contributed by atoms with E-state index in [2.05, 4.69) is 6.58 Å². The minimum Gasteiger partial charge on any atom is -0.481 e. The number of ketones is 1. The van der Waals surface area contributed by atoms with Gasteiger partial charge in [-0.2, -0.15) is 0 Å². The van der Waals surface area contributed by atoms with Gasteiger partial charge in [-0.3, -0.25) is 9.59 Å². The molecule has 0 aromatic heterocycles. The van der Waals surface area contributed by atoms with Crippen LogP contribution >= 0.6 is 0 Å². The van der Waals surface area contributed by atoms with E-state index in [1.165, 1.54) is 6.07 Å². The highest BCUT2D eigenvalue weighted by Gasteiger charge is 2.19. The summed E-state index contributed by atoms with van der Waals surface area (Å²) >= 11 is 0. The first-order valence-corrected chi connectivity index (χ1v) is 6.60. The fourth-order valence-electron chi connectivity index (χ4n) is 2.13. The fourth-order valence-corrected chi connectivity index (χ4v) is 2.13. The monoisotopic (exact) mass is 278 g/mol. The summed E-state index contributed by atoms with van der Waals surface area (Å²) in [6.07, 6.45) is 2.89. The zero-order valence-corrected chi connectivity index (χ0v) is 11.3. The molecule has 20 heavy (non-hydrogen) atoms. The van der Waals surface area contributed by atoms with Crippen molar-refractivity contribution in [3.8, 4) is 0 Å². The molecule has 0 aliphatic carbocycles. The maximum absolute atomic E-state index is 13.6. The molecule has 0 bridgehead atoms. The second-order valence-electron chi connectivity index (χ2n) is 4.83. The number of benzene rings is 1. The molecule has 0 saturated carbocycles. The van der Waals surface area contributed by atoms with Crippen molar-refractivity contribution >= 4 is 11.8 Å². The van der Waals surface area contributed by atoms with Crippen LogP contribution in [0.25, 0.3) is 0 Å². The van der Waals surface area contributed by atoms with E-state index in [4.69, 9.17) is 5.11 Å². The number of hydrogen-bond donors (Lipinski definition) is 1. The third-order valence-electron chi connectivity index (χ3n) is 3.07. The molecule has 0 amide bonds. The Kier molecular flexibility index (Phi) is 6.64. The van der Waals surface area contributed by atoms with Crippen LogP contribution in [0.5, 0.6) is 0 Å². The summed E-state index contributed by atoms with van der Waals surface area (Å²) in [4.78, 5) is 22.6. The lowest BCUT2D eigenvalue weighted by Crippen LogP contribution is -2.16. The lowest BCUT2D eigenvalue weighted by molar-refractivity contribution is -0.138. The average Bonchev–Trinajstić information content (AvgIpc) is 2.38. The molecule has 1 aromatic carbocycles. The predicted octanol–water partition coefficient (Wildman–Crippen LogP) is 3.38. The van der Waals surface area contributed by atoms with Gasteiger partial charge in [0, 0.05) is 19.3 Å². The number of aliphatic carboxylic acids is 1. The zero-order valence-electron chi connectivity index (χ0n) is 11.3. The summed E-state index contributed by atoms with van der Waals surface area (Å²) in [6, 6.07) is 6.25. The Morgan fingerprint density at radius 1 is 1.30 bits per heavy atom. The van der Waals surface area contributed by atoms with Crippen molar-refractivity contribution in [2.75, 3.05) is 0 Å². The third-order valence-corrected chi connectivity index (χ3v) is 3.07. The van der Waals surface area contributed by atoms with E-state index in [-0.39, 0.29) is 36.8 Å². The van der Waals surface area contributed by atoms with Crippen molar-refractivity contribution < 1.29 is 19.1 Å². The predicted molar refractivity (Wildman–Crippen MR) is 74.9 cm³/mol. The van der Waals surface area contributed by atoms with Gasteiger partial charge in [0.1, 0.15) is 11.6 Å². The van der Waals surface area contributed by atoms with E-state index in [1.807, 2.05) is 0 Å². The Morgan fingerprint density at radius 3 is 2.60 bits per heavy atom. The average molecular weight is 278 g/mol. The quantitative estimate of drug-likeness (QED) is 0.704. The molecule has 0 aliphatic rings. The van der Waals surface area contributed by atoms with Crippen LogP contribution in [-0.2, 0) is 16.0 Å². The minimum atomic E-state index is -0.970. The molecule has 0 spiro atoms. The third kappa shape index (κ3) is 5.78. The van der Waals surface area contributed by atoms with Gasteiger partial charge in [0.05, 0.1) is 0 Å². The number of carboxylic acids is 1. The van der Waals surface area contributed by atoms with Crippen molar-refractivity contribution in [2.24, 2.45) is 5.92 Å². The van der Waals surface area contributed by atoms with Gasteiger partial charge in [-0.05, 0) is 30.4 Å². The molecular formula is C16H19FO3.